The van der Waals surface area contributed by atoms with Gasteiger partial charge in [-0.05, 0) is 24.6 Å². The highest BCUT2D eigenvalue weighted by molar-refractivity contribution is 7.80. The number of thiol groups is 1. The van der Waals surface area contributed by atoms with Crippen LogP contribution in [-0.4, -0.2) is 0 Å². The summed E-state index contributed by atoms with van der Waals surface area (Å²) in [5.74, 6) is 0. The summed E-state index contributed by atoms with van der Waals surface area (Å²) in [5.41, 5.74) is 1.16. The summed E-state index contributed by atoms with van der Waals surface area (Å²) in [7, 11) is 0. The molecule has 0 nitrogen and oxygen atoms in total. The zero-order valence-electron chi connectivity index (χ0n) is 5.71. The van der Waals surface area contributed by atoms with Crippen LogP contribution in [0.1, 0.15) is 17.7 Å². The molecule has 0 aliphatic heterocycles. The van der Waals surface area contributed by atoms with Crippen LogP contribution in [0.2, 0.25) is 5.02 Å². The van der Waals surface area contributed by atoms with Crippen LogP contribution >= 0.6 is 24.2 Å². The lowest BCUT2D eigenvalue weighted by Crippen LogP contribution is -1.81. The van der Waals surface area contributed by atoms with Gasteiger partial charge in [0, 0.05) is 10.3 Å². The Morgan fingerprint density at radius 2 is 2.20 bits per heavy atom. The molecule has 0 fully saturated rings. The van der Waals surface area contributed by atoms with Gasteiger partial charge in [0.05, 0.1) is 0 Å². The Morgan fingerprint density at radius 1 is 1.50 bits per heavy atom. The van der Waals surface area contributed by atoms with Crippen LogP contribution < -0.4 is 0 Å². The van der Waals surface area contributed by atoms with Gasteiger partial charge in [0.15, 0.2) is 0 Å². The normalized spacial score (nSPS) is 13.1. The minimum atomic E-state index is 0.263. The molecule has 0 amide bonds. The largest absolute Gasteiger partial charge is 0.171 e. The smallest absolute Gasteiger partial charge is 0.0409 e. The Bertz CT molecular complexity index is 220. The van der Waals surface area contributed by atoms with Crippen LogP contribution in [0.3, 0.4) is 0 Å². The summed E-state index contributed by atoms with van der Waals surface area (Å²) in [5, 5.41) is 1.04. The molecule has 1 aromatic carbocycles. The molecule has 0 N–H and O–H groups in total. The minimum absolute atomic E-state index is 0.263. The summed E-state index contributed by atoms with van der Waals surface area (Å²) in [6.45, 7) is 2.02. The minimum Gasteiger partial charge on any atom is -0.171 e. The lowest BCUT2D eigenvalue weighted by Gasteiger charge is -2.02. The van der Waals surface area contributed by atoms with E-state index in [2.05, 4.69) is 12.6 Å². The molecular formula is C8H9ClS. The van der Waals surface area contributed by atoms with E-state index in [0.29, 0.717) is 0 Å². The van der Waals surface area contributed by atoms with E-state index in [1.54, 1.807) is 0 Å². The maximum Gasteiger partial charge on any atom is 0.0409 e. The standard InChI is InChI=1S/C8H9ClS/c1-6(10)7-3-2-4-8(9)5-7/h2-6,10H,1H3. The lowest BCUT2D eigenvalue weighted by atomic mass is 10.2. The van der Waals surface area contributed by atoms with Crippen LogP contribution in [0.5, 0.6) is 0 Å². The number of hydrogen-bond donors (Lipinski definition) is 1. The van der Waals surface area contributed by atoms with E-state index >= 15 is 0 Å². The fourth-order valence-electron chi connectivity index (χ4n) is 0.766. The molecule has 2 heteroatoms. The lowest BCUT2D eigenvalue weighted by molar-refractivity contribution is 1.11. The van der Waals surface area contributed by atoms with Gasteiger partial charge in [0.1, 0.15) is 0 Å². The van der Waals surface area contributed by atoms with Crippen LogP contribution in [0.15, 0.2) is 24.3 Å². The monoisotopic (exact) mass is 172 g/mol. The second kappa shape index (κ2) is 3.31. The Morgan fingerprint density at radius 3 is 2.60 bits per heavy atom. The molecule has 0 radical (unpaired) electrons. The summed E-state index contributed by atoms with van der Waals surface area (Å²) in [6, 6.07) is 7.74. The van der Waals surface area contributed by atoms with Gasteiger partial charge in [-0.3, -0.25) is 0 Å². The summed E-state index contributed by atoms with van der Waals surface area (Å²) in [6.07, 6.45) is 0. The Labute approximate surface area is 71.6 Å². The third kappa shape index (κ3) is 1.93. The molecule has 0 saturated heterocycles. The van der Waals surface area contributed by atoms with E-state index in [0.717, 1.165) is 10.6 Å². The molecule has 0 bridgehead atoms. The van der Waals surface area contributed by atoms with Gasteiger partial charge in [-0.25, -0.2) is 0 Å². The molecule has 10 heavy (non-hydrogen) atoms. The van der Waals surface area contributed by atoms with Crippen molar-refractivity contribution >= 4 is 24.2 Å². The highest BCUT2D eigenvalue weighted by Gasteiger charge is 1.97. The quantitative estimate of drug-likeness (QED) is 0.618. The van der Waals surface area contributed by atoms with Crippen LogP contribution in [0.4, 0.5) is 0 Å². The number of benzene rings is 1. The highest BCUT2D eigenvalue weighted by atomic mass is 35.5. The summed E-state index contributed by atoms with van der Waals surface area (Å²) < 4.78 is 0. The predicted molar refractivity (Wildman–Crippen MR) is 48.9 cm³/mol. The van der Waals surface area contributed by atoms with Crippen molar-refractivity contribution in [2.75, 3.05) is 0 Å². The molecule has 1 aromatic rings. The molecule has 0 aliphatic rings. The molecule has 54 valence electrons. The van der Waals surface area contributed by atoms with Crippen molar-refractivity contribution in [1.29, 1.82) is 0 Å². The van der Waals surface area contributed by atoms with Crippen molar-refractivity contribution in [3.63, 3.8) is 0 Å². The fraction of sp³-hybridized carbons (Fsp3) is 0.250. The average molecular weight is 173 g/mol. The van der Waals surface area contributed by atoms with Crippen molar-refractivity contribution in [1.82, 2.24) is 0 Å². The molecule has 0 aliphatic carbocycles. The molecule has 0 aromatic heterocycles. The molecular weight excluding hydrogens is 164 g/mol. The second-order valence-electron chi connectivity index (χ2n) is 2.23. The summed E-state index contributed by atoms with van der Waals surface area (Å²) >= 11 is 10.0. The van der Waals surface area contributed by atoms with Gasteiger partial charge in [0.2, 0.25) is 0 Å². The Balaban J connectivity index is 2.96. The fourth-order valence-corrected chi connectivity index (χ4v) is 1.13. The average Bonchev–Trinajstić information content (AvgIpc) is 1.88. The van der Waals surface area contributed by atoms with E-state index in [1.165, 1.54) is 0 Å². The molecule has 1 unspecified atom stereocenters. The number of rotatable bonds is 1. The zero-order chi connectivity index (χ0) is 7.56. The molecule has 1 atom stereocenters. The molecule has 0 heterocycles. The Hall–Kier alpha value is -0.140. The van der Waals surface area contributed by atoms with Crippen LogP contribution in [-0.2, 0) is 0 Å². The van der Waals surface area contributed by atoms with Crippen LogP contribution in [0, 0.1) is 0 Å². The first kappa shape index (κ1) is 7.96. The van der Waals surface area contributed by atoms with Gasteiger partial charge in [0.25, 0.3) is 0 Å². The third-order valence-corrected chi connectivity index (χ3v) is 1.86. The van der Waals surface area contributed by atoms with Crippen molar-refractivity contribution in [2.24, 2.45) is 0 Å². The molecule has 0 saturated carbocycles. The van der Waals surface area contributed by atoms with Gasteiger partial charge < -0.3 is 0 Å². The first-order chi connectivity index (χ1) is 4.70. The topological polar surface area (TPSA) is 0 Å². The first-order valence-corrected chi connectivity index (χ1v) is 4.03. The second-order valence-corrected chi connectivity index (χ2v) is 3.44. The SMILES string of the molecule is CC(S)c1cccc(Cl)c1. The predicted octanol–water partition coefficient (Wildman–Crippen LogP) is 3.33. The number of hydrogen-bond acceptors (Lipinski definition) is 1. The van der Waals surface area contributed by atoms with E-state index in [9.17, 15) is 0 Å². The van der Waals surface area contributed by atoms with Crippen molar-refractivity contribution < 1.29 is 0 Å². The molecule has 1 rings (SSSR count). The summed E-state index contributed by atoms with van der Waals surface area (Å²) in [4.78, 5) is 0. The maximum absolute atomic E-state index is 5.75. The van der Waals surface area contributed by atoms with Crippen molar-refractivity contribution in [3.05, 3.63) is 34.9 Å². The van der Waals surface area contributed by atoms with Gasteiger partial charge >= 0.3 is 0 Å². The van der Waals surface area contributed by atoms with Crippen molar-refractivity contribution in [2.45, 2.75) is 12.2 Å². The maximum atomic E-state index is 5.75. The first-order valence-electron chi connectivity index (χ1n) is 3.13. The van der Waals surface area contributed by atoms with E-state index in [-0.39, 0.29) is 5.25 Å². The zero-order valence-corrected chi connectivity index (χ0v) is 7.36. The van der Waals surface area contributed by atoms with E-state index < -0.39 is 0 Å². The van der Waals surface area contributed by atoms with E-state index in [1.807, 2.05) is 31.2 Å². The van der Waals surface area contributed by atoms with Crippen LogP contribution in [0.25, 0.3) is 0 Å². The highest BCUT2D eigenvalue weighted by Crippen LogP contribution is 2.21. The number of halogens is 1. The van der Waals surface area contributed by atoms with Gasteiger partial charge in [-0.2, -0.15) is 12.6 Å². The third-order valence-electron chi connectivity index (χ3n) is 1.33. The van der Waals surface area contributed by atoms with Gasteiger partial charge in [-0.1, -0.05) is 23.7 Å². The van der Waals surface area contributed by atoms with Gasteiger partial charge in [-0.15, -0.1) is 0 Å². The van der Waals surface area contributed by atoms with Crippen molar-refractivity contribution in [3.8, 4) is 0 Å². The van der Waals surface area contributed by atoms with E-state index in [4.69, 9.17) is 11.6 Å². The molecule has 0 spiro atoms. The Kier molecular flexibility index (Phi) is 2.64.